The first kappa shape index (κ1) is 95.9. The van der Waals surface area contributed by atoms with Crippen molar-refractivity contribution in [1.82, 2.24) is 29.1 Å². The Labute approximate surface area is 823 Å². The number of hydrogen-bond acceptors (Lipinski definition) is 18. The monoisotopic (exact) mass is 1900 g/mol. The first-order valence-electron chi connectivity index (χ1n) is 50.7. The average Bonchev–Trinajstić information content (AvgIpc) is 1.55. The molecule has 4 aliphatic heterocycles. The number of nitrogens with zero attached hydrogens (tertiary/aromatic N) is 6. The highest BCUT2D eigenvalue weighted by atomic mass is 32.1. The molecule has 0 spiro atoms. The van der Waals surface area contributed by atoms with Crippen LogP contribution in [-0.4, -0.2) is 161 Å². The summed E-state index contributed by atoms with van der Waals surface area (Å²) in [6.07, 6.45) is 15.9. The second kappa shape index (κ2) is 45.1. The van der Waals surface area contributed by atoms with E-state index in [-0.39, 0.29) is 21.7 Å². The normalized spacial score (nSPS) is 15.3. The Morgan fingerprint density at radius 2 is 0.619 bits per heavy atom. The molecule has 10 heterocycles. The SMILES string of the molecule is CCC1(COCCCCCOCc2ccc3c(c2)c2cc4sc5ccc(COCCCCCOCC6(C)COC6)cc5c4cc2n3-c2nc(-c3ccccc3)cc(-c3ccccc3)n2)COC1.CCC1(COCCCCCOCc2ccc3sc4cc5c(cc4c3c2)c2cc(COCCCCCOCC3(CC)COC3)c3ccccc3c2n5-c2nc(-c3ccccc3)cc(-c3ccccc3)n2)COC1. The van der Waals surface area contributed by atoms with Gasteiger partial charge in [-0.3, -0.25) is 9.13 Å². The van der Waals surface area contributed by atoms with Crippen molar-refractivity contribution in [3.05, 3.63) is 265 Å². The number of ether oxygens (including phenoxy) is 12. The van der Waals surface area contributed by atoms with Crippen LogP contribution in [0.2, 0.25) is 0 Å². The van der Waals surface area contributed by atoms with Gasteiger partial charge >= 0.3 is 0 Å². The van der Waals surface area contributed by atoms with Gasteiger partial charge in [0.15, 0.2) is 0 Å². The Morgan fingerprint density at radius 3 is 1.04 bits per heavy atom. The van der Waals surface area contributed by atoms with Gasteiger partial charge in [-0.05, 0) is 203 Å². The zero-order chi connectivity index (χ0) is 94.2. The summed E-state index contributed by atoms with van der Waals surface area (Å²) < 4.78 is 80.7. The standard InChI is InChI=1S/C62H67N3O6S.C57H63N3O6S/c1-3-61(40-70-41-61)38-68-29-17-7-15-27-66-36-44-25-26-57-51(31-44)52-33-50-53-32-47(37-67-28-16-8-18-30-69-39-62(4-2)42-71-43-62)48-23-13-14-24-49(48)59(53)65(56(50)35-58(52)72-57)60-63-54(45-19-9-5-10-20-45)34-55(64-60)46-21-11-6-12-22-46;1-3-57(39-66-40-57)38-64-27-15-7-13-24-61-33-41-20-22-51-45(28-41)46-31-54-48(47-29-42(21-23-53(47)67-54)34-62-25-12-6-14-26-63-35-56(2)36-65-37-56)30-52(46)60(51)55-58-49(43-16-8-4-9-17-43)32-50(59-55)44-18-10-5-11-19-44/h5-6,9-14,19-26,31-35H,3-4,7-8,15-18,27-30,36-43H2,1-2H3;4-5,8-11,16-23,28-32H,3,6-7,12-15,24-27,33-40H2,1-2H3. The third-order valence-corrected chi connectivity index (χ3v) is 31.0. The fourth-order valence-electron chi connectivity index (χ4n) is 19.7. The smallest absolute Gasteiger partial charge is 0.235 e. The van der Waals surface area contributed by atoms with E-state index in [0.717, 1.165) is 316 Å². The fourth-order valence-corrected chi connectivity index (χ4v) is 21.9. The van der Waals surface area contributed by atoms with Gasteiger partial charge in [0.05, 0.1) is 151 Å². The maximum absolute atomic E-state index is 6.52. The molecule has 720 valence electrons. The zero-order valence-electron chi connectivity index (χ0n) is 81.1. The molecule has 0 saturated carbocycles. The van der Waals surface area contributed by atoms with Gasteiger partial charge in [0, 0.05) is 164 Å². The summed E-state index contributed by atoms with van der Waals surface area (Å²) in [4.78, 5) is 21.5. The molecule has 18 nitrogen and oxygen atoms in total. The third kappa shape index (κ3) is 22.2. The van der Waals surface area contributed by atoms with E-state index in [2.05, 4.69) is 267 Å². The van der Waals surface area contributed by atoms with Gasteiger partial charge in [0.1, 0.15) is 0 Å². The van der Waals surface area contributed by atoms with Crippen LogP contribution in [0.3, 0.4) is 0 Å². The molecule has 0 N–H and O–H groups in total. The molecule has 4 saturated heterocycles. The van der Waals surface area contributed by atoms with Crippen molar-refractivity contribution >= 4 is 117 Å². The Kier molecular flexibility index (Phi) is 31.1. The Hall–Kier alpha value is -10.6. The molecule has 21 rings (SSSR count). The molecular weight excluding hydrogens is 1770 g/mol. The van der Waals surface area contributed by atoms with Crippen LogP contribution < -0.4 is 0 Å². The van der Waals surface area contributed by atoms with E-state index in [1.807, 2.05) is 34.8 Å². The predicted molar refractivity (Wildman–Crippen MR) is 565 cm³/mol. The molecule has 0 radical (unpaired) electrons. The molecule has 139 heavy (non-hydrogen) atoms. The molecule has 0 bridgehead atoms. The van der Waals surface area contributed by atoms with E-state index in [9.17, 15) is 0 Å². The Bertz CT molecular complexity index is 6880. The molecule has 11 aromatic carbocycles. The van der Waals surface area contributed by atoms with E-state index in [1.54, 1.807) is 0 Å². The van der Waals surface area contributed by atoms with Crippen molar-refractivity contribution in [2.45, 2.75) is 150 Å². The van der Waals surface area contributed by atoms with Crippen molar-refractivity contribution in [3.8, 4) is 56.9 Å². The lowest BCUT2D eigenvalue weighted by Crippen LogP contribution is -2.45. The van der Waals surface area contributed by atoms with Gasteiger partial charge in [-0.25, -0.2) is 19.9 Å². The number of benzene rings is 11. The summed E-state index contributed by atoms with van der Waals surface area (Å²) in [5.41, 5.74) is 17.6. The van der Waals surface area contributed by atoms with E-state index < -0.39 is 0 Å². The highest BCUT2D eigenvalue weighted by Crippen LogP contribution is 2.47. The van der Waals surface area contributed by atoms with Gasteiger partial charge in [-0.1, -0.05) is 191 Å². The molecule has 4 fully saturated rings. The second-order valence-electron chi connectivity index (χ2n) is 39.4. The van der Waals surface area contributed by atoms with Crippen molar-refractivity contribution in [1.29, 1.82) is 0 Å². The Balaban J connectivity index is 0.000000172. The first-order valence-corrected chi connectivity index (χ1v) is 52.3. The first-order chi connectivity index (χ1) is 68.5. The average molecular weight is 1900 g/mol. The molecule has 0 atom stereocenters. The lowest BCUT2D eigenvalue weighted by Gasteiger charge is -2.40. The third-order valence-electron chi connectivity index (χ3n) is 28.7. The van der Waals surface area contributed by atoms with Crippen molar-refractivity contribution in [2.75, 3.05) is 132 Å². The topological polar surface area (TPSA) is 172 Å². The lowest BCUT2D eigenvalue weighted by atomic mass is 9.84. The number of unbranched alkanes of at least 4 members (excludes halogenated alkanes) is 8. The quantitative estimate of drug-likeness (QED) is 0.0329. The van der Waals surface area contributed by atoms with Crippen LogP contribution in [0.15, 0.2) is 243 Å². The van der Waals surface area contributed by atoms with Gasteiger partial charge in [-0.15, -0.1) is 22.7 Å². The van der Waals surface area contributed by atoms with Gasteiger partial charge < -0.3 is 56.8 Å². The molecule has 4 aliphatic rings. The van der Waals surface area contributed by atoms with Gasteiger partial charge in [-0.2, -0.15) is 0 Å². The van der Waals surface area contributed by atoms with Crippen LogP contribution in [0.5, 0.6) is 0 Å². The Morgan fingerprint density at radius 1 is 0.273 bits per heavy atom. The van der Waals surface area contributed by atoms with E-state index in [1.165, 1.54) is 67.8 Å². The largest absolute Gasteiger partial charge is 0.381 e. The summed E-state index contributed by atoms with van der Waals surface area (Å²) in [6, 6.07) is 86.9. The minimum absolute atomic E-state index is 0.207. The molecular formula is C119H130N6O12S2. The summed E-state index contributed by atoms with van der Waals surface area (Å²) in [5, 5.41) is 11.9. The highest BCUT2D eigenvalue weighted by Gasteiger charge is 2.40. The fraction of sp³-hybridized carbons (Fsp3) is 0.395. The lowest BCUT2D eigenvalue weighted by molar-refractivity contribution is -0.150. The summed E-state index contributed by atoms with van der Waals surface area (Å²) >= 11 is 3.68. The van der Waals surface area contributed by atoms with Crippen LogP contribution >= 0.6 is 22.7 Å². The van der Waals surface area contributed by atoms with Crippen molar-refractivity contribution in [2.24, 2.45) is 21.7 Å². The second-order valence-corrected chi connectivity index (χ2v) is 41.6. The maximum atomic E-state index is 6.52. The van der Waals surface area contributed by atoms with Crippen LogP contribution in [0, 0.1) is 21.7 Å². The molecule has 0 unspecified atom stereocenters. The number of fused-ring (bicyclic) bond motifs is 14. The number of hydrogen-bond donors (Lipinski definition) is 0. The molecule has 20 heteroatoms. The molecule has 0 amide bonds. The number of rotatable bonds is 49. The van der Waals surface area contributed by atoms with Crippen molar-refractivity contribution in [3.63, 3.8) is 0 Å². The molecule has 17 aromatic rings. The van der Waals surface area contributed by atoms with Gasteiger partial charge in [0.25, 0.3) is 0 Å². The summed E-state index contributed by atoms with van der Waals surface area (Å²) in [7, 11) is 0. The molecule has 0 aliphatic carbocycles. The number of aromatic nitrogens is 6. The minimum Gasteiger partial charge on any atom is -0.381 e. The molecule has 6 aromatic heterocycles. The number of thiophene rings is 2. The van der Waals surface area contributed by atoms with Crippen molar-refractivity contribution < 1.29 is 56.8 Å². The van der Waals surface area contributed by atoms with Gasteiger partial charge in [0.2, 0.25) is 11.9 Å². The minimum atomic E-state index is 0.207. The summed E-state index contributed by atoms with van der Waals surface area (Å²) in [6.45, 7) is 27.0. The highest BCUT2D eigenvalue weighted by molar-refractivity contribution is 7.26. The maximum Gasteiger partial charge on any atom is 0.235 e. The predicted octanol–water partition coefficient (Wildman–Crippen LogP) is 27.8. The van der Waals surface area contributed by atoms with E-state index >= 15 is 0 Å². The van der Waals surface area contributed by atoms with Crippen LogP contribution in [0.25, 0.3) is 152 Å². The van der Waals surface area contributed by atoms with Crippen LogP contribution in [0.1, 0.15) is 146 Å². The summed E-state index contributed by atoms with van der Waals surface area (Å²) in [5.74, 6) is 1.28. The van der Waals surface area contributed by atoms with Crippen LogP contribution in [0.4, 0.5) is 0 Å². The zero-order valence-corrected chi connectivity index (χ0v) is 82.7. The van der Waals surface area contributed by atoms with E-state index in [4.69, 9.17) is 76.8 Å². The van der Waals surface area contributed by atoms with E-state index in [0.29, 0.717) is 44.9 Å². The van der Waals surface area contributed by atoms with Crippen LogP contribution in [-0.2, 0) is 83.3 Å².